The lowest BCUT2D eigenvalue weighted by atomic mass is 10.2. The Bertz CT molecular complexity index is 444. The van der Waals surface area contributed by atoms with Crippen molar-refractivity contribution in [3.8, 4) is 0 Å². The van der Waals surface area contributed by atoms with Crippen molar-refractivity contribution < 1.29 is 13.2 Å². The lowest BCUT2D eigenvalue weighted by Crippen LogP contribution is -2.49. The number of aryl methyl sites for hydroxylation is 1. The fourth-order valence-corrected chi connectivity index (χ4v) is 2.23. The predicted molar refractivity (Wildman–Crippen MR) is 66.5 cm³/mol. The minimum Gasteiger partial charge on any atom is -0.354 e. The van der Waals surface area contributed by atoms with Gasteiger partial charge in [-0.15, -0.1) is 0 Å². The summed E-state index contributed by atoms with van der Waals surface area (Å²) in [6, 6.07) is 0. The summed E-state index contributed by atoms with van der Waals surface area (Å²) in [4.78, 5) is 11.3. The van der Waals surface area contributed by atoms with Crippen LogP contribution in [0.4, 0.5) is 19.0 Å². The maximum Gasteiger partial charge on any atom is 0.401 e. The molecule has 2 heterocycles. The molecular formula is C11H14ClF3N4. The van der Waals surface area contributed by atoms with E-state index in [1.165, 1.54) is 4.90 Å². The molecule has 0 aliphatic carbocycles. The molecule has 0 atom stereocenters. The molecule has 1 fully saturated rings. The minimum atomic E-state index is -4.14. The van der Waals surface area contributed by atoms with Gasteiger partial charge < -0.3 is 4.90 Å². The second-order valence-corrected chi connectivity index (χ2v) is 4.86. The smallest absolute Gasteiger partial charge is 0.354 e. The number of piperazine rings is 1. The van der Waals surface area contributed by atoms with Crippen molar-refractivity contribution in [3.63, 3.8) is 0 Å². The lowest BCUT2D eigenvalue weighted by Gasteiger charge is -2.36. The van der Waals surface area contributed by atoms with E-state index in [9.17, 15) is 13.2 Å². The molecule has 0 saturated carbocycles. The van der Waals surface area contributed by atoms with Gasteiger partial charge in [-0.2, -0.15) is 13.2 Å². The summed E-state index contributed by atoms with van der Waals surface area (Å²) in [5.41, 5.74) is 0.869. The molecule has 0 radical (unpaired) electrons. The third-order valence-corrected chi connectivity index (χ3v) is 3.17. The van der Waals surface area contributed by atoms with Gasteiger partial charge >= 0.3 is 6.18 Å². The van der Waals surface area contributed by atoms with E-state index in [1.807, 2.05) is 11.8 Å². The number of nitrogens with zero attached hydrogens (tertiary/aromatic N) is 4. The highest BCUT2D eigenvalue weighted by Crippen LogP contribution is 2.22. The number of anilines is 1. The molecule has 1 aromatic rings. The number of alkyl halides is 3. The molecule has 4 nitrogen and oxygen atoms in total. The van der Waals surface area contributed by atoms with Crippen LogP contribution in [-0.2, 0) is 0 Å². The Kier molecular flexibility index (Phi) is 4.15. The van der Waals surface area contributed by atoms with E-state index in [1.54, 1.807) is 6.20 Å². The molecule has 1 aromatic heterocycles. The minimum absolute atomic E-state index is 0.151. The third kappa shape index (κ3) is 3.94. The Labute approximate surface area is 114 Å². The van der Waals surface area contributed by atoms with Crippen LogP contribution < -0.4 is 4.90 Å². The van der Waals surface area contributed by atoms with Crippen molar-refractivity contribution >= 4 is 17.4 Å². The van der Waals surface area contributed by atoms with Gasteiger partial charge in [0.25, 0.3) is 0 Å². The van der Waals surface area contributed by atoms with E-state index >= 15 is 0 Å². The first kappa shape index (κ1) is 14.3. The maximum atomic E-state index is 12.3. The maximum absolute atomic E-state index is 12.3. The van der Waals surface area contributed by atoms with Crippen molar-refractivity contribution in [2.24, 2.45) is 0 Å². The summed E-state index contributed by atoms with van der Waals surface area (Å²) in [6.45, 7) is 2.73. The highest BCUT2D eigenvalue weighted by atomic mass is 35.5. The number of aromatic nitrogens is 2. The Morgan fingerprint density at radius 3 is 2.47 bits per heavy atom. The molecular weight excluding hydrogens is 281 g/mol. The van der Waals surface area contributed by atoms with Crippen LogP contribution in [0.2, 0.25) is 5.28 Å². The summed E-state index contributed by atoms with van der Waals surface area (Å²) in [5.74, 6) is 0.701. The molecule has 1 aliphatic rings. The number of hydrogen-bond donors (Lipinski definition) is 0. The average Bonchev–Trinajstić information content (AvgIpc) is 2.31. The topological polar surface area (TPSA) is 32.3 Å². The van der Waals surface area contributed by atoms with Crippen LogP contribution in [0.1, 0.15) is 5.56 Å². The molecule has 1 saturated heterocycles. The van der Waals surface area contributed by atoms with Crippen molar-refractivity contribution in [1.82, 2.24) is 14.9 Å². The highest BCUT2D eigenvalue weighted by Gasteiger charge is 2.32. The van der Waals surface area contributed by atoms with Crippen molar-refractivity contribution in [2.75, 3.05) is 37.6 Å². The number of rotatable bonds is 2. The van der Waals surface area contributed by atoms with Gasteiger partial charge in [-0.3, -0.25) is 4.90 Å². The first-order valence-electron chi connectivity index (χ1n) is 5.88. The zero-order valence-corrected chi connectivity index (χ0v) is 11.2. The van der Waals surface area contributed by atoms with Gasteiger partial charge in [0.05, 0.1) is 6.54 Å². The van der Waals surface area contributed by atoms with Crippen molar-refractivity contribution in [2.45, 2.75) is 13.1 Å². The lowest BCUT2D eigenvalue weighted by molar-refractivity contribution is -0.146. The molecule has 0 spiro atoms. The molecule has 0 unspecified atom stereocenters. The fraction of sp³-hybridized carbons (Fsp3) is 0.636. The van der Waals surface area contributed by atoms with Crippen LogP contribution in [0.15, 0.2) is 6.20 Å². The summed E-state index contributed by atoms with van der Waals surface area (Å²) in [7, 11) is 0. The second kappa shape index (κ2) is 5.50. The van der Waals surface area contributed by atoms with Gasteiger partial charge in [0, 0.05) is 37.9 Å². The SMILES string of the molecule is Cc1cnc(Cl)nc1N1CCN(CC(F)(F)F)CC1. The number of hydrogen-bond acceptors (Lipinski definition) is 4. The molecule has 0 amide bonds. The largest absolute Gasteiger partial charge is 0.401 e. The van der Waals surface area contributed by atoms with E-state index in [0.717, 1.165) is 5.56 Å². The highest BCUT2D eigenvalue weighted by molar-refractivity contribution is 6.28. The Hall–Kier alpha value is -1.08. The Balaban J connectivity index is 1.98. The van der Waals surface area contributed by atoms with Gasteiger partial charge in [0.2, 0.25) is 5.28 Å². The molecule has 106 valence electrons. The zero-order chi connectivity index (χ0) is 14.0. The van der Waals surface area contributed by atoms with E-state index in [4.69, 9.17) is 11.6 Å². The van der Waals surface area contributed by atoms with Gasteiger partial charge in [-0.1, -0.05) is 0 Å². The normalized spacial score (nSPS) is 17.8. The zero-order valence-electron chi connectivity index (χ0n) is 10.4. The molecule has 0 aromatic carbocycles. The van der Waals surface area contributed by atoms with E-state index in [0.29, 0.717) is 32.0 Å². The van der Waals surface area contributed by atoms with Gasteiger partial charge in [0.15, 0.2) is 0 Å². The average molecular weight is 295 g/mol. The summed E-state index contributed by atoms with van der Waals surface area (Å²) in [5, 5.41) is 0.151. The van der Waals surface area contributed by atoms with Crippen LogP contribution in [-0.4, -0.2) is 53.8 Å². The van der Waals surface area contributed by atoms with Crippen LogP contribution in [0, 0.1) is 6.92 Å². The van der Waals surface area contributed by atoms with Gasteiger partial charge in [-0.05, 0) is 18.5 Å². The standard InChI is InChI=1S/C11H14ClF3N4/c1-8-6-16-10(12)17-9(8)19-4-2-18(3-5-19)7-11(13,14)15/h6H,2-5,7H2,1H3. The second-order valence-electron chi connectivity index (χ2n) is 4.52. The van der Waals surface area contributed by atoms with Gasteiger partial charge in [-0.25, -0.2) is 9.97 Å². The molecule has 0 N–H and O–H groups in total. The molecule has 19 heavy (non-hydrogen) atoms. The van der Waals surface area contributed by atoms with Crippen LogP contribution in [0.3, 0.4) is 0 Å². The first-order chi connectivity index (χ1) is 8.85. The monoisotopic (exact) mass is 294 g/mol. The molecule has 2 rings (SSSR count). The summed E-state index contributed by atoms with van der Waals surface area (Å²) in [6.07, 6.45) is -2.52. The van der Waals surface area contributed by atoms with Crippen molar-refractivity contribution in [3.05, 3.63) is 17.0 Å². The molecule has 0 bridgehead atoms. The van der Waals surface area contributed by atoms with Gasteiger partial charge in [0.1, 0.15) is 5.82 Å². The van der Waals surface area contributed by atoms with E-state index in [-0.39, 0.29) is 5.28 Å². The van der Waals surface area contributed by atoms with Crippen LogP contribution in [0.5, 0.6) is 0 Å². The third-order valence-electron chi connectivity index (χ3n) is 2.99. The quantitative estimate of drug-likeness (QED) is 0.782. The molecule has 8 heteroatoms. The van der Waals surface area contributed by atoms with E-state index in [2.05, 4.69) is 9.97 Å². The van der Waals surface area contributed by atoms with Crippen LogP contribution >= 0.6 is 11.6 Å². The van der Waals surface area contributed by atoms with Crippen molar-refractivity contribution in [1.29, 1.82) is 0 Å². The Morgan fingerprint density at radius 2 is 1.89 bits per heavy atom. The first-order valence-corrected chi connectivity index (χ1v) is 6.26. The number of halogens is 4. The fourth-order valence-electron chi connectivity index (χ4n) is 2.10. The molecule has 1 aliphatic heterocycles. The summed E-state index contributed by atoms with van der Waals surface area (Å²) >= 11 is 5.74. The Morgan fingerprint density at radius 1 is 1.26 bits per heavy atom. The van der Waals surface area contributed by atoms with E-state index < -0.39 is 12.7 Å². The van der Waals surface area contributed by atoms with Crippen LogP contribution in [0.25, 0.3) is 0 Å². The predicted octanol–water partition coefficient (Wildman–Crippen LogP) is 2.12. The summed E-state index contributed by atoms with van der Waals surface area (Å²) < 4.78 is 36.9.